The summed E-state index contributed by atoms with van der Waals surface area (Å²) in [6, 6.07) is 6.68. The molecule has 1 saturated heterocycles. The average Bonchev–Trinajstić information content (AvgIpc) is 2.99. The third-order valence-corrected chi connectivity index (χ3v) is 5.13. The predicted octanol–water partition coefficient (Wildman–Crippen LogP) is 3.43. The summed E-state index contributed by atoms with van der Waals surface area (Å²) in [6.45, 7) is 7.09. The van der Waals surface area contributed by atoms with E-state index in [9.17, 15) is 4.39 Å². The minimum atomic E-state index is -0.180. The standard InChI is InChI=1S/C18H29FN4S.HI/c1-3-20-18(22-13-15-9-11-23(2)14-15)21-10-4-12-24-17-7-5-16(19)6-8-17;/h5-8,15H,3-4,9-14H2,1-2H3,(H2,20,21,22);1H. The third kappa shape index (κ3) is 9.10. The van der Waals surface area contributed by atoms with Crippen LogP contribution in [0.2, 0.25) is 0 Å². The van der Waals surface area contributed by atoms with Crippen molar-refractivity contribution in [3.05, 3.63) is 30.1 Å². The lowest BCUT2D eigenvalue weighted by Gasteiger charge is -2.13. The first-order chi connectivity index (χ1) is 11.7. The SMILES string of the molecule is CCNC(=NCC1CCN(C)C1)NCCCSc1ccc(F)cc1.I. The van der Waals surface area contributed by atoms with Gasteiger partial charge in [-0.3, -0.25) is 4.99 Å². The van der Waals surface area contributed by atoms with E-state index in [1.54, 1.807) is 11.8 Å². The molecule has 25 heavy (non-hydrogen) atoms. The van der Waals surface area contributed by atoms with Crippen LogP contribution in [0.25, 0.3) is 0 Å². The van der Waals surface area contributed by atoms with E-state index < -0.39 is 0 Å². The Balaban J connectivity index is 0.00000312. The van der Waals surface area contributed by atoms with Gasteiger partial charge in [-0.1, -0.05) is 0 Å². The number of nitrogens with zero attached hydrogens (tertiary/aromatic N) is 2. The summed E-state index contributed by atoms with van der Waals surface area (Å²) < 4.78 is 12.9. The van der Waals surface area contributed by atoms with E-state index in [1.165, 1.54) is 25.1 Å². The molecule has 4 nitrogen and oxygen atoms in total. The highest BCUT2D eigenvalue weighted by Gasteiger charge is 2.18. The van der Waals surface area contributed by atoms with Gasteiger partial charge in [0.2, 0.25) is 0 Å². The van der Waals surface area contributed by atoms with Gasteiger partial charge in [0, 0.05) is 31.1 Å². The van der Waals surface area contributed by atoms with Crippen molar-refractivity contribution in [1.29, 1.82) is 0 Å². The molecule has 1 aromatic rings. The normalized spacial score (nSPS) is 18.0. The Kier molecular flexibility index (Phi) is 11.5. The number of aliphatic imine (C=N–C) groups is 1. The molecule has 2 N–H and O–H groups in total. The molecular weight excluding hydrogens is 450 g/mol. The molecule has 1 aliphatic heterocycles. The Morgan fingerprint density at radius 2 is 2.08 bits per heavy atom. The van der Waals surface area contributed by atoms with Gasteiger partial charge in [0.15, 0.2) is 5.96 Å². The lowest BCUT2D eigenvalue weighted by Crippen LogP contribution is -2.38. The van der Waals surface area contributed by atoms with Crippen LogP contribution in [0.4, 0.5) is 4.39 Å². The summed E-state index contributed by atoms with van der Waals surface area (Å²) >= 11 is 1.76. The maximum atomic E-state index is 12.9. The van der Waals surface area contributed by atoms with E-state index >= 15 is 0 Å². The summed E-state index contributed by atoms with van der Waals surface area (Å²) in [7, 11) is 2.17. The van der Waals surface area contributed by atoms with Gasteiger partial charge >= 0.3 is 0 Å². The Morgan fingerprint density at radius 1 is 1.32 bits per heavy atom. The summed E-state index contributed by atoms with van der Waals surface area (Å²) in [6.07, 6.45) is 2.28. The van der Waals surface area contributed by atoms with Crippen LogP contribution in [0.5, 0.6) is 0 Å². The van der Waals surface area contributed by atoms with Crippen molar-refractivity contribution in [1.82, 2.24) is 15.5 Å². The molecule has 0 bridgehead atoms. The van der Waals surface area contributed by atoms with Crippen LogP contribution in [0.15, 0.2) is 34.2 Å². The molecule has 0 aromatic heterocycles. The molecule has 142 valence electrons. The van der Waals surface area contributed by atoms with Crippen molar-refractivity contribution < 1.29 is 4.39 Å². The van der Waals surface area contributed by atoms with E-state index in [2.05, 4.69) is 29.5 Å². The van der Waals surface area contributed by atoms with Crippen LogP contribution in [0.3, 0.4) is 0 Å². The fourth-order valence-corrected chi connectivity index (χ4v) is 3.59. The lowest BCUT2D eigenvalue weighted by atomic mass is 10.1. The minimum Gasteiger partial charge on any atom is -0.357 e. The Hall–Kier alpha value is -0.540. The third-order valence-electron chi connectivity index (χ3n) is 4.04. The molecule has 0 spiro atoms. The molecule has 1 unspecified atom stereocenters. The first-order valence-electron chi connectivity index (χ1n) is 8.76. The maximum absolute atomic E-state index is 12.9. The molecular formula is C18H30FIN4S. The van der Waals surface area contributed by atoms with Gasteiger partial charge in [-0.2, -0.15) is 0 Å². The smallest absolute Gasteiger partial charge is 0.191 e. The molecule has 1 fully saturated rings. The number of thioether (sulfide) groups is 1. The van der Waals surface area contributed by atoms with Crippen molar-refractivity contribution >= 4 is 41.7 Å². The molecule has 0 amide bonds. The van der Waals surface area contributed by atoms with Gasteiger partial charge in [-0.25, -0.2) is 4.39 Å². The number of hydrogen-bond donors (Lipinski definition) is 2. The monoisotopic (exact) mass is 480 g/mol. The zero-order valence-corrected chi connectivity index (χ0v) is 18.3. The number of rotatable bonds is 8. The first-order valence-corrected chi connectivity index (χ1v) is 9.75. The van der Waals surface area contributed by atoms with Crippen LogP contribution < -0.4 is 10.6 Å². The number of benzene rings is 1. The zero-order valence-electron chi connectivity index (χ0n) is 15.1. The average molecular weight is 480 g/mol. The van der Waals surface area contributed by atoms with E-state index in [-0.39, 0.29) is 29.8 Å². The summed E-state index contributed by atoms with van der Waals surface area (Å²) in [5, 5.41) is 6.71. The van der Waals surface area contributed by atoms with Gasteiger partial charge in [0.25, 0.3) is 0 Å². The molecule has 1 aromatic carbocycles. The van der Waals surface area contributed by atoms with Crippen LogP contribution in [0, 0.1) is 11.7 Å². The van der Waals surface area contributed by atoms with Crippen LogP contribution >= 0.6 is 35.7 Å². The van der Waals surface area contributed by atoms with Crippen LogP contribution in [0.1, 0.15) is 19.8 Å². The second-order valence-electron chi connectivity index (χ2n) is 6.22. The topological polar surface area (TPSA) is 39.7 Å². The molecule has 0 aliphatic carbocycles. The molecule has 0 radical (unpaired) electrons. The van der Waals surface area contributed by atoms with Crippen LogP contribution in [-0.4, -0.2) is 56.4 Å². The largest absolute Gasteiger partial charge is 0.357 e. The van der Waals surface area contributed by atoms with Gasteiger partial charge in [0.1, 0.15) is 5.82 Å². The quantitative estimate of drug-likeness (QED) is 0.197. The van der Waals surface area contributed by atoms with E-state index in [0.29, 0.717) is 5.92 Å². The maximum Gasteiger partial charge on any atom is 0.191 e. The molecule has 1 heterocycles. The second kappa shape index (κ2) is 12.8. The fourth-order valence-electron chi connectivity index (χ4n) is 2.74. The van der Waals surface area contributed by atoms with E-state index in [1.807, 2.05) is 12.1 Å². The zero-order chi connectivity index (χ0) is 17.2. The minimum absolute atomic E-state index is 0. The van der Waals surface area contributed by atoms with Crippen molar-refractivity contribution in [3.63, 3.8) is 0 Å². The van der Waals surface area contributed by atoms with Gasteiger partial charge in [-0.05, 0) is 69.3 Å². The Bertz CT molecular complexity index is 512. The van der Waals surface area contributed by atoms with E-state index in [0.717, 1.165) is 49.2 Å². The van der Waals surface area contributed by atoms with Crippen LogP contribution in [-0.2, 0) is 0 Å². The second-order valence-corrected chi connectivity index (χ2v) is 7.39. The van der Waals surface area contributed by atoms with Crippen molar-refractivity contribution in [2.45, 2.75) is 24.7 Å². The highest BCUT2D eigenvalue weighted by Crippen LogP contribution is 2.18. The molecule has 2 rings (SSSR count). The first kappa shape index (κ1) is 22.5. The number of guanidine groups is 1. The molecule has 1 atom stereocenters. The number of nitrogens with one attached hydrogen (secondary N) is 2. The summed E-state index contributed by atoms with van der Waals surface area (Å²) in [5.41, 5.74) is 0. The number of likely N-dealkylation sites (tertiary alicyclic amines) is 1. The highest BCUT2D eigenvalue weighted by atomic mass is 127. The number of halogens is 2. The van der Waals surface area contributed by atoms with Crippen molar-refractivity contribution in [2.24, 2.45) is 10.9 Å². The lowest BCUT2D eigenvalue weighted by molar-refractivity contribution is 0.397. The highest BCUT2D eigenvalue weighted by molar-refractivity contribution is 14.0. The molecule has 0 saturated carbocycles. The summed E-state index contributed by atoms with van der Waals surface area (Å²) in [4.78, 5) is 8.20. The van der Waals surface area contributed by atoms with Gasteiger partial charge in [0.05, 0.1) is 0 Å². The Morgan fingerprint density at radius 3 is 2.72 bits per heavy atom. The fraction of sp³-hybridized carbons (Fsp3) is 0.611. The number of hydrogen-bond acceptors (Lipinski definition) is 3. The van der Waals surface area contributed by atoms with Gasteiger partial charge in [-0.15, -0.1) is 35.7 Å². The van der Waals surface area contributed by atoms with Gasteiger partial charge < -0.3 is 15.5 Å². The molecule has 7 heteroatoms. The summed E-state index contributed by atoms with van der Waals surface area (Å²) in [5.74, 6) is 2.42. The Labute approximate surface area is 172 Å². The van der Waals surface area contributed by atoms with E-state index in [4.69, 9.17) is 4.99 Å². The predicted molar refractivity (Wildman–Crippen MR) is 117 cm³/mol. The van der Waals surface area contributed by atoms with Crippen molar-refractivity contribution in [3.8, 4) is 0 Å². The molecule has 1 aliphatic rings. The van der Waals surface area contributed by atoms with Crippen molar-refractivity contribution in [2.75, 3.05) is 45.5 Å².